The molecule has 0 amide bonds. The molecule has 68 valence electrons. The molecule has 1 atom stereocenters. The lowest BCUT2D eigenvalue weighted by Crippen LogP contribution is -1.99. The van der Waals surface area contributed by atoms with Crippen LogP contribution in [0.1, 0.15) is 11.9 Å². The van der Waals surface area contributed by atoms with Gasteiger partial charge in [-0.25, -0.2) is 0 Å². The summed E-state index contributed by atoms with van der Waals surface area (Å²) in [6.45, 7) is 0. The molecule has 2 rings (SSSR count). The van der Waals surface area contributed by atoms with Gasteiger partial charge in [0.2, 0.25) is 0 Å². The fourth-order valence-electron chi connectivity index (χ4n) is 1.09. The Kier molecular flexibility index (Phi) is 2.14. The summed E-state index contributed by atoms with van der Waals surface area (Å²) in [6.07, 6.45) is 0.639. The Balaban J connectivity index is 2.23. The van der Waals surface area contributed by atoms with Crippen molar-refractivity contribution >= 4 is 15.9 Å². The predicted octanol–water partition coefficient (Wildman–Crippen LogP) is 2.85. The quantitative estimate of drug-likeness (QED) is 0.824. The highest BCUT2D eigenvalue weighted by Gasteiger charge is 2.22. The molecule has 3 nitrogen and oxygen atoms in total. The van der Waals surface area contributed by atoms with Gasteiger partial charge in [0.1, 0.15) is 0 Å². The summed E-state index contributed by atoms with van der Waals surface area (Å²) in [7, 11) is 0. The number of ether oxygens (including phenoxy) is 2. The standard InChI is InChI=1S/C9H7BrO3/c10-7-4-2-1-3-6(7)9-12-5-8(11)13-9/h1-5,9,11H. The molecule has 1 N–H and O–H groups in total. The van der Waals surface area contributed by atoms with Crippen molar-refractivity contribution < 1.29 is 14.6 Å². The maximum atomic E-state index is 8.95. The van der Waals surface area contributed by atoms with Crippen LogP contribution in [0.15, 0.2) is 40.9 Å². The Hall–Kier alpha value is -1.16. The highest BCUT2D eigenvalue weighted by molar-refractivity contribution is 9.10. The maximum absolute atomic E-state index is 8.95. The van der Waals surface area contributed by atoms with Gasteiger partial charge >= 0.3 is 5.95 Å². The molecule has 0 aromatic heterocycles. The smallest absolute Gasteiger partial charge is 0.316 e. The van der Waals surface area contributed by atoms with Gasteiger partial charge in [0.15, 0.2) is 6.26 Å². The van der Waals surface area contributed by atoms with Crippen molar-refractivity contribution in [1.29, 1.82) is 0 Å². The second-order valence-corrected chi connectivity index (χ2v) is 3.42. The highest BCUT2D eigenvalue weighted by Crippen LogP contribution is 2.31. The van der Waals surface area contributed by atoms with Gasteiger partial charge in [-0.1, -0.05) is 34.1 Å². The van der Waals surface area contributed by atoms with E-state index in [9.17, 15) is 0 Å². The minimum absolute atomic E-state index is 0.194. The van der Waals surface area contributed by atoms with Gasteiger partial charge < -0.3 is 14.6 Å². The molecule has 1 aliphatic heterocycles. The van der Waals surface area contributed by atoms with Crippen molar-refractivity contribution in [2.45, 2.75) is 6.29 Å². The first-order valence-corrected chi connectivity index (χ1v) is 4.52. The predicted molar refractivity (Wildman–Crippen MR) is 49.8 cm³/mol. The first-order valence-electron chi connectivity index (χ1n) is 3.73. The van der Waals surface area contributed by atoms with Crippen molar-refractivity contribution in [3.63, 3.8) is 0 Å². The Morgan fingerprint density at radius 1 is 1.31 bits per heavy atom. The van der Waals surface area contributed by atoms with Crippen molar-refractivity contribution in [1.82, 2.24) is 0 Å². The lowest BCUT2D eigenvalue weighted by molar-refractivity contribution is -0.0605. The molecule has 4 heteroatoms. The van der Waals surface area contributed by atoms with Crippen LogP contribution in [0, 0.1) is 0 Å². The van der Waals surface area contributed by atoms with E-state index in [1.165, 1.54) is 6.26 Å². The fraction of sp³-hybridized carbons (Fsp3) is 0.111. The second-order valence-electron chi connectivity index (χ2n) is 2.56. The van der Waals surface area contributed by atoms with Gasteiger partial charge in [-0.15, -0.1) is 0 Å². The van der Waals surface area contributed by atoms with Gasteiger partial charge in [0, 0.05) is 10.0 Å². The van der Waals surface area contributed by atoms with Crippen LogP contribution in [0.2, 0.25) is 0 Å². The minimum Gasteiger partial charge on any atom is -0.479 e. The van der Waals surface area contributed by atoms with Crippen LogP contribution >= 0.6 is 15.9 Å². The number of hydrogen-bond acceptors (Lipinski definition) is 3. The third kappa shape index (κ3) is 1.62. The zero-order valence-electron chi connectivity index (χ0n) is 6.61. The third-order valence-corrected chi connectivity index (χ3v) is 2.40. The summed E-state index contributed by atoms with van der Waals surface area (Å²) >= 11 is 3.36. The van der Waals surface area contributed by atoms with Gasteiger partial charge in [-0.3, -0.25) is 0 Å². The number of aliphatic hydroxyl groups is 1. The van der Waals surface area contributed by atoms with Crippen LogP contribution in [0.3, 0.4) is 0 Å². The van der Waals surface area contributed by atoms with Gasteiger partial charge in [0.25, 0.3) is 6.29 Å². The van der Waals surface area contributed by atoms with Crippen molar-refractivity contribution in [3.05, 3.63) is 46.5 Å². The number of benzene rings is 1. The van der Waals surface area contributed by atoms with Crippen molar-refractivity contribution in [2.75, 3.05) is 0 Å². The van der Waals surface area contributed by atoms with Crippen LogP contribution in [0.5, 0.6) is 0 Å². The fourth-order valence-corrected chi connectivity index (χ4v) is 1.56. The average Bonchev–Trinajstić information content (AvgIpc) is 2.53. The largest absolute Gasteiger partial charge is 0.479 e. The highest BCUT2D eigenvalue weighted by atomic mass is 79.9. The van der Waals surface area contributed by atoms with Crippen LogP contribution in [-0.2, 0) is 9.47 Å². The summed E-state index contributed by atoms with van der Waals surface area (Å²) < 4.78 is 11.0. The molecular formula is C9H7BrO3. The van der Waals surface area contributed by atoms with Crippen LogP contribution in [0.4, 0.5) is 0 Å². The molecule has 0 bridgehead atoms. The van der Waals surface area contributed by atoms with Gasteiger partial charge in [0.05, 0.1) is 0 Å². The Morgan fingerprint density at radius 3 is 2.69 bits per heavy atom. The minimum atomic E-state index is -0.546. The first-order chi connectivity index (χ1) is 6.27. The zero-order valence-corrected chi connectivity index (χ0v) is 8.19. The summed E-state index contributed by atoms with van der Waals surface area (Å²) in [5, 5.41) is 8.95. The van der Waals surface area contributed by atoms with E-state index in [1.807, 2.05) is 24.3 Å². The van der Waals surface area contributed by atoms with E-state index in [2.05, 4.69) is 15.9 Å². The van der Waals surface area contributed by atoms with Crippen LogP contribution < -0.4 is 0 Å². The molecule has 1 aromatic carbocycles. The third-order valence-electron chi connectivity index (χ3n) is 1.68. The average molecular weight is 243 g/mol. The number of rotatable bonds is 1. The van der Waals surface area contributed by atoms with Gasteiger partial charge in [-0.2, -0.15) is 0 Å². The molecule has 0 spiro atoms. The molecule has 0 saturated carbocycles. The second kappa shape index (κ2) is 3.30. The van der Waals surface area contributed by atoms with E-state index in [1.54, 1.807) is 0 Å². The molecule has 0 fully saturated rings. The van der Waals surface area contributed by atoms with Crippen LogP contribution in [0.25, 0.3) is 0 Å². The van der Waals surface area contributed by atoms with Crippen molar-refractivity contribution in [3.8, 4) is 0 Å². The Morgan fingerprint density at radius 2 is 2.08 bits per heavy atom. The molecule has 0 radical (unpaired) electrons. The first kappa shape index (κ1) is 8.44. The van der Waals surface area contributed by atoms with E-state index >= 15 is 0 Å². The Labute approximate surface area is 83.7 Å². The molecule has 1 unspecified atom stereocenters. The number of halogens is 1. The lowest BCUT2D eigenvalue weighted by atomic mass is 10.2. The van der Waals surface area contributed by atoms with E-state index < -0.39 is 6.29 Å². The molecule has 1 heterocycles. The summed E-state index contributed by atoms with van der Waals surface area (Å²) in [5.74, 6) is -0.194. The SMILES string of the molecule is OC1=COC(c2ccccc2Br)O1. The van der Waals surface area contributed by atoms with E-state index in [-0.39, 0.29) is 5.95 Å². The van der Waals surface area contributed by atoms with Crippen molar-refractivity contribution in [2.24, 2.45) is 0 Å². The summed E-state index contributed by atoms with van der Waals surface area (Å²) in [6, 6.07) is 7.52. The normalized spacial score (nSPS) is 20.4. The number of aliphatic hydroxyl groups excluding tert-OH is 1. The molecule has 1 aliphatic rings. The number of hydrogen-bond donors (Lipinski definition) is 1. The molecule has 13 heavy (non-hydrogen) atoms. The monoisotopic (exact) mass is 242 g/mol. The molecule has 0 aliphatic carbocycles. The molecular weight excluding hydrogens is 236 g/mol. The van der Waals surface area contributed by atoms with Crippen LogP contribution in [-0.4, -0.2) is 5.11 Å². The topological polar surface area (TPSA) is 38.7 Å². The van der Waals surface area contributed by atoms with E-state index in [0.29, 0.717) is 0 Å². The van der Waals surface area contributed by atoms with Gasteiger partial charge in [-0.05, 0) is 6.07 Å². The Bertz CT molecular complexity index is 348. The lowest BCUT2D eigenvalue weighted by Gasteiger charge is -2.11. The molecule has 1 aromatic rings. The van der Waals surface area contributed by atoms with E-state index in [4.69, 9.17) is 14.6 Å². The maximum Gasteiger partial charge on any atom is 0.316 e. The zero-order chi connectivity index (χ0) is 9.26. The summed E-state index contributed by atoms with van der Waals surface area (Å²) in [5.41, 5.74) is 0.850. The van der Waals surface area contributed by atoms with E-state index in [0.717, 1.165) is 10.0 Å². The summed E-state index contributed by atoms with van der Waals surface area (Å²) in [4.78, 5) is 0. The molecule has 0 saturated heterocycles.